The van der Waals surface area contributed by atoms with E-state index in [1.807, 2.05) is 6.07 Å². The third kappa shape index (κ3) is 3.74. The second-order valence-corrected chi connectivity index (χ2v) is 8.47. The van der Waals surface area contributed by atoms with Crippen molar-refractivity contribution in [1.29, 1.82) is 0 Å². The van der Waals surface area contributed by atoms with Crippen LogP contribution in [0.3, 0.4) is 0 Å². The predicted octanol–water partition coefficient (Wildman–Crippen LogP) is 3.51. The van der Waals surface area contributed by atoms with Crippen LogP contribution in [0.4, 0.5) is 15.8 Å². The number of pyridine rings is 1. The van der Waals surface area contributed by atoms with Crippen molar-refractivity contribution >= 4 is 45.6 Å². The van der Waals surface area contributed by atoms with Gasteiger partial charge >= 0.3 is 0 Å². The van der Waals surface area contributed by atoms with Gasteiger partial charge in [0.15, 0.2) is 11.5 Å². The lowest BCUT2D eigenvalue weighted by molar-refractivity contribution is 0.102. The summed E-state index contributed by atoms with van der Waals surface area (Å²) in [6.45, 7) is 5.94. The van der Waals surface area contributed by atoms with Gasteiger partial charge in [-0.05, 0) is 26.0 Å². The number of benzene rings is 1. The van der Waals surface area contributed by atoms with Gasteiger partial charge in [0.1, 0.15) is 16.2 Å². The second kappa shape index (κ2) is 7.99. The zero-order chi connectivity index (χ0) is 22.4. The smallest absolute Gasteiger partial charge is 0.257 e. The third-order valence-electron chi connectivity index (χ3n) is 5.48. The Labute approximate surface area is 188 Å². The van der Waals surface area contributed by atoms with Crippen molar-refractivity contribution in [2.45, 2.75) is 25.9 Å². The van der Waals surface area contributed by atoms with Gasteiger partial charge < -0.3 is 19.9 Å². The number of anilines is 2. The van der Waals surface area contributed by atoms with Crippen molar-refractivity contribution in [3.05, 3.63) is 59.5 Å². The van der Waals surface area contributed by atoms with Crippen LogP contribution in [-0.2, 0) is 0 Å². The van der Waals surface area contributed by atoms with Gasteiger partial charge in [-0.2, -0.15) is 0 Å². The van der Waals surface area contributed by atoms with E-state index in [-0.39, 0.29) is 16.5 Å². The number of carbonyl (C=O) groups is 1. The molecular formula is C22H21ClFN7O. The van der Waals surface area contributed by atoms with Gasteiger partial charge in [-0.1, -0.05) is 11.6 Å². The van der Waals surface area contributed by atoms with Crippen LogP contribution in [0.5, 0.6) is 0 Å². The third-order valence-corrected chi connectivity index (χ3v) is 5.66. The first-order valence-corrected chi connectivity index (χ1v) is 10.7. The number of rotatable bonds is 3. The maximum Gasteiger partial charge on any atom is 0.257 e. The molecule has 164 valence electrons. The van der Waals surface area contributed by atoms with E-state index in [9.17, 15) is 9.18 Å². The first-order chi connectivity index (χ1) is 15.4. The molecular weight excluding hydrogens is 433 g/mol. The van der Waals surface area contributed by atoms with Gasteiger partial charge in [0.25, 0.3) is 5.91 Å². The van der Waals surface area contributed by atoms with E-state index in [4.69, 9.17) is 11.6 Å². The monoisotopic (exact) mass is 453 g/mol. The molecule has 0 radical (unpaired) electrons. The molecule has 4 heterocycles. The van der Waals surface area contributed by atoms with Gasteiger partial charge in [-0.3, -0.25) is 14.8 Å². The van der Waals surface area contributed by atoms with Crippen molar-refractivity contribution in [1.82, 2.24) is 24.7 Å². The summed E-state index contributed by atoms with van der Waals surface area (Å²) in [5, 5.41) is 6.43. The van der Waals surface area contributed by atoms with E-state index >= 15 is 0 Å². The lowest BCUT2D eigenvalue weighted by Gasteiger charge is -2.38. The number of imidazole rings is 1. The van der Waals surface area contributed by atoms with Crippen LogP contribution in [0.1, 0.15) is 24.2 Å². The molecule has 3 aromatic heterocycles. The fourth-order valence-electron chi connectivity index (χ4n) is 4.30. The second-order valence-electron chi connectivity index (χ2n) is 8.08. The number of aromatic nitrogens is 4. The van der Waals surface area contributed by atoms with Crippen molar-refractivity contribution in [3.63, 3.8) is 0 Å². The zero-order valence-electron chi connectivity index (χ0n) is 17.5. The van der Waals surface area contributed by atoms with Gasteiger partial charge in [0, 0.05) is 56.0 Å². The average Bonchev–Trinajstić information content (AvgIpc) is 3.13. The Kier molecular flexibility index (Phi) is 5.15. The highest BCUT2D eigenvalue weighted by atomic mass is 35.5. The maximum atomic E-state index is 14.4. The number of hydrogen-bond acceptors (Lipinski definition) is 6. The largest absolute Gasteiger partial charge is 0.367 e. The molecule has 2 N–H and O–H groups in total. The summed E-state index contributed by atoms with van der Waals surface area (Å²) in [4.78, 5) is 28.2. The maximum absolute atomic E-state index is 14.4. The molecule has 5 rings (SSSR count). The Morgan fingerprint density at radius 2 is 1.88 bits per heavy atom. The fraction of sp³-hybridized carbons (Fsp3) is 0.273. The van der Waals surface area contributed by atoms with Crippen molar-refractivity contribution in [2.75, 3.05) is 23.3 Å². The molecule has 1 amide bonds. The number of hydrogen-bond donors (Lipinski definition) is 2. The summed E-state index contributed by atoms with van der Waals surface area (Å²) < 4.78 is 15.8. The highest BCUT2D eigenvalue weighted by Gasteiger charge is 2.24. The van der Waals surface area contributed by atoms with Crippen LogP contribution in [0.15, 0.2) is 43.0 Å². The van der Waals surface area contributed by atoms with Gasteiger partial charge in [0.05, 0.1) is 16.9 Å². The van der Waals surface area contributed by atoms with E-state index in [0.717, 1.165) is 18.8 Å². The van der Waals surface area contributed by atoms with Crippen LogP contribution < -0.4 is 15.5 Å². The van der Waals surface area contributed by atoms with Crippen molar-refractivity contribution in [3.8, 4) is 0 Å². The number of carbonyl (C=O) groups excluding carboxylic acids is 1. The van der Waals surface area contributed by atoms with E-state index in [2.05, 4.69) is 44.3 Å². The van der Waals surface area contributed by atoms with E-state index in [1.165, 1.54) is 16.7 Å². The molecule has 1 aliphatic rings. The van der Waals surface area contributed by atoms with Crippen LogP contribution >= 0.6 is 11.6 Å². The van der Waals surface area contributed by atoms with Gasteiger partial charge in [-0.15, -0.1) is 0 Å². The Balaban J connectivity index is 1.50. The number of nitrogens with one attached hydrogen (secondary N) is 2. The van der Waals surface area contributed by atoms with Crippen LogP contribution in [-0.4, -0.2) is 50.4 Å². The number of fused-ring (bicyclic) bond motifs is 2. The molecule has 8 nitrogen and oxygen atoms in total. The highest BCUT2D eigenvalue weighted by Crippen LogP contribution is 2.29. The molecule has 10 heteroatoms. The minimum atomic E-state index is -0.586. The van der Waals surface area contributed by atoms with Crippen LogP contribution in [0.25, 0.3) is 16.7 Å². The Morgan fingerprint density at radius 1 is 1.16 bits per heavy atom. The fourth-order valence-corrected chi connectivity index (χ4v) is 4.48. The number of amides is 1. The molecule has 0 spiro atoms. The summed E-state index contributed by atoms with van der Waals surface area (Å²) in [7, 11) is 0. The molecule has 2 atom stereocenters. The first-order valence-electron chi connectivity index (χ1n) is 10.3. The van der Waals surface area contributed by atoms with Gasteiger partial charge in [0.2, 0.25) is 0 Å². The standard InChI is InChI=1S/C22H21ClFN7O/c1-12-8-30(9-13(2)27-12)17-4-3-15(19-20(17)26-6-5-25-19)22(32)28-14-7-16(24)21-29-18(23)11-31(21)10-14/h3-7,10-13,27H,8-9H2,1-2H3,(H,28,32)/t12-,13-/m1/s1. The first kappa shape index (κ1) is 20.6. The van der Waals surface area contributed by atoms with Gasteiger partial charge in [-0.25, -0.2) is 9.37 Å². The summed E-state index contributed by atoms with van der Waals surface area (Å²) >= 11 is 5.86. The lowest BCUT2D eigenvalue weighted by atomic mass is 10.1. The Hall–Kier alpha value is -3.30. The quantitative estimate of drug-likeness (QED) is 0.493. The zero-order valence-corrected chi connectivity index (χ0v) is 18.3. The average molecular weight is 454 g/mol. The van der Waals surface area contributed by atoms with E-state index in [1.54, 1.807) is 24.7 Å². The normalized spacial score (nSPS) is 18.9. The molecule has 32 heavy (non-hydrogen) atoms. The highest BCUT2D eigenvalue weighted by molar-refractivity contribution is 6.29. The Morgan fingerprint density at radius 3 is 2.62 bits per heavy atom. The molecule has 1 fully saturated rings. The summed E-state index contributed by atoms with van der Waals surface area (Å²) in [5.74, 6) is -0.995. The Bertz CT molecular complexity index is 1330. The number of piperazine rings is 1. The lowest BCUT2D eigenvalue weighted by Crippen LogP contribution is -2.54. The van der Waals surface area contributed by atoms with E-state index in [0.29, 0.717) is 28.7 Å². The molecule has 1 aromatic carbocycles. The SMILES string of the molecule is C[C@@H]1CN(c2ccc(C(=O)Nc3cc(F)c4nc(Cl)cn4c3)c3nccnc23)C[C@@H](C)N1. The molecule has 0 bridgehead atoms. The summed E-state index contributed by atoms with van der Waals surface area (Å²) in [6, 6.07) is 5.50. The minimum absolute atomic E-state index is 0.0909. The molecule has 1 aliphatic heterocycles. The number of halogens is 2. The molecule has 0 saturated carbocycles. The predicted molar refractivity (Wildman–Crippen MR) is 122 cm³/mol. The molecule has 1 saturated heterocycles. The topological polar surface area (TPSA) is 87.5 Å². The summed E-state index contributed by atoms with van der Waals surface area (Å²) in [6.07, 6.45) is 6.21. The van der Waals surface area contributed by atoms with Crippen molar-refractivity contribution in [2.24, 2.45) is 0 Å². The molecule has 0 unspecified atom stereocenters. The summed E-state index contributed by atoms with van der Waals surface area (Å²) in [5.41, 5.74) is 2.81. The minimum Gasteiger partial charge on any atom is -0.367 e. The van der Waals surface area contributed by atoms with Crippen LogP contribution in [0, 0.1) is 5.82 Å². The number of nitrogens with zero attached hydrogens (tertiary/aromatic N) is 5. The molecule has 0 aliphatic carbocycles. The van der Waals surface area contributed by atoms with Crippen LogP contribution in [0.2, 0.25) is 5.15 Å². The van der Waals surface area contributed by atoms with Crippen molar-refractivity contribution < 1.29 is 9.18 Å². The molecule has 4 aromatic rings. The van der Waals surface area contributed by atoms with E-state index < -0.39 is 11.7 Å².